The highest BCUT2D eigenvalue weighted by molar-refractivity contribution is 5.89. The number of phenols is 2. The Morgan fingerprint density at radius 1 is 1.15 bits per heavy atom. The largest absolute Gasteiger partial charge is 0.508 e. The summed E-state index contributed by atoms with van der Waals surface area (Å²) >= 11 is 0. The molecule has 0 fully saturated rings. The number of hydrogen-bond donors (Lipinski definition) is 2. The molecule has 0 aliphatic heterocycles. The van der Waals surface area contributed by atoms with Crippen LogP contribution in [0.2, 0.25) is 0 Å². The summed E-state index contributed by atoms with van der Waals surface area (Å²) in [5, 5.41) is 19.9. The molecular formula is C21H20O5. The van der Waals surface area contributed by atoms with Gasteiger partial charge in [-0.15, -0.1) is 0 Å². The molecule has 0 spiro atoms. The third-order valence-corrected chi connectivity index (χ3v) is 4.13. The summed E-state index contributed by atoms with van der Waals surface area (Å²) in [4.78, 5) is 12.6. The minimum atomic E-state index is -0.340. The first-order valence-electron chi connectivity index (χ1n) is 8.20. The number of aromatic hydroxyl groups is 2. The second-order valence-electron chi connectivity index (χ2n) is 6.29. The molecule has 3 aromatic rings. The van der Waals surface area contributed by atoms with E-state index in [1.54, 1.807) is 12.1 Å². The molecular weight excluding hydrogens is 332 g/mol. The van der Waals surface area contributed by atoms with E-state index in [9.17, 15) is 15.0 Å². The molecule has 2 N–H and O–H groups in total. The maximum absolute atomic E-state index is 12.6. The van der Waals surface area contributed by atoms with Crippen molar-refractivity contribution in [2.45, 2.75) is 20.3 Å². The fourth-order valence-corrected chi connectivity index (χ4v) is 2.79. The molecule has 0 amide bonds. The zero-order chi connectivity index (χ0) is 18.8. The zero-order valence-corrected chi connectivity index (χ0v) is 14.9. The molecule has 26 heavy (non-hydrogen) atoms. The quantitative estimate of drug-likeness (QED) is 0.681. The van der Waals surface area contributed by atoms with E-state index in [1.807, 2.05) is 19.9 Å². The lowest BCUT2D eigenvalue weighted by Crippen LogP contribution is -2.04. The maximum Gasteiger partial charge on any atom is 0.197 e. The van der Waals surface area contributed by atoms with Crippen molar-refractivity contribution in [3.63, 3.8) is 0 Å². The third-order valence-electron chi connectivity index (χ3n) is 4.13. The molecule has 5 heteroatoms. The second kappa shape index (κ2) is 6.96. The van der Waals surface area contributed by atoms with E-state index < -0.39 is 0 Å². The zero-order valence-electron chi connectivity index (χ0n) is 14.9. The van der Waals surface area contributed by atoms with Crippen LogP contribution in [0.1, 0.15) is 19.4 Å². The van der Waals surface area contributed by atoms with E-state index in [-0.39, 0.29) is 22.3 Å². The molecule has 134 valence electrons. The molecule has 5 nitrogen and oxygen atoms in total. The number of benzene rings is 2. The number of allylic oxidation sites excluding steroid dienone is 2. The number of phenolic OH excluding ortho intramolecular Hbond substituents is 2. The normalized spacial score (nSPS) is 10.7. The minimum Gasteiger partial charge on any atom is -0.508 e. The monoisotopic (exact) mass is 352 g/mol. The molecule has 0 aliphatic rings. The first kappa shape index (κ1) is 17.6. The van der Waals surface area contributed by atoms with E-state index in [0.29, 0.717) is 34.6 Å². The lowest BCUT2D eigenvalue weighted by molar-refractivity contribution is 0.404. The number of ether oxygens (including phenoxy) is 1. The smallest absolute Gasteiger partial charge is 0.197 e. The van der Waals surface area contributed by atoms with Crippen LogP contribution in [0.5, 0.6) is 17.2 Å². The van der Waals surface area contributed by atoms with E-state index in [1.165, 1.54) is 31.4 Å². The van der Waals surface area contributed by atoms with Crippen LogP contribution in [0, 0.1) is 0 Å². The van der Waals surface area contributed by atoms with Crippen LogP contribution in [-0.4, -0.2) is 17.3 Å². The van der Waals surface area contributed by atoms with Gasteiger partial charge >= 0.3 is 0 Å². The standard InChI is InChI=1S/C21H20O5/c1-12(2)4-9-15-19(25-3)11-17(24)20-16(23)10-18(26-21(15)20)13-5-7-14(22)8-6-13/h4-8,10-11,22,24H,9H2,1-3H3. The minimum absolute atomic E-state index is 0.125. The Hall–Kier alpha value is -3.21. The van der Waals surface area contributed by atoms with Gasteiger partial charge in [0.2, 0.25) is 0 Å². The van der Waals surface area contributed by atoms with Gasteiger partial charge in [-0.25, -0.2) is 0 Å². The Labute approximate surface area is 150 Å². The van der Waals surface area contributed by atoms with Gasteiger partial charge in [-0.3, -0.25) is 4.79 Å². The highest BCUT2D eigenvalue weighted by atomic mass is 16.5. The van der Waals surface area contributed by atoms with Gasteiger partial charge in [0.1, 0.15) is 34.0 Å². The molecule has 3 rings (SSSR count). The molecule has 2 aromatic carbocycles. The molecule has 0 aliphatic carbocycles. The van der Waals surface area contributed by atoms with Gasteiger partial charge < -0.3 is 19.4 Å². The van der Waals surface area contributed by atoms with Crippen molar-refractivity contribution in [3.05, 3.63) is 63.8 Å². The molecule has 1 aromatic heterocycles. The second-order valence-corrected chi connectivity index (χ2v) is 6.29. The van der Waals surface area contributed by atoms with Crippen LogP contribution < -0.4 is 10.2 Å². The van der Waals surface area contributed by atoms with Gasteiger partial charge in [-0.05, 0) is 44.5 Å². The van der Waals surface area contributed by atoms with E-state index in [2.05, 4.69) is 0 Å². The summed E-state index contributed by atoms with van der Waals surface area (Å²) in [5.74, 6) is 0.761. The van der Waals surface area contributed by atoms with Crippen molar-refractivity contribution in [1.29, 1.82) is 0 Å². The molecule has 0 radical (unpaired) electrons. The molecule has 0 unspecified atom stereocenters. The van der Waals surface area contributed by atoms with Gasteiger partial charge in [0, 0.05) is 23.3 Å². The van der Waals surface area contributed by atoms with Gasteiger partial charge in [0.15, 0.2) is 5.43 Å². The van der Waals surface area contributed by atoms with Gasteiger partial charge in [0.25, 0.3) is 0 Å². The van der Waals surface area contributed by atoms with E-state index >= 15 is 0 Å². The first-order chi connectivity index (χ1) is 12.4. The van der Waals surface area contributed by atoms with Crippen molar-refractivity contribution in [1.82, 2.24) is 0 Å². The fourth-order valence-electron chi connectivity index (χ4n) is 2.79. The summed E-state index contributed by atoms with van der Waals surface area (Å²) in [5.41, 5.74) is 2.42. The van der Waals surface area contributed by atoms with Crippen molar-refractivity contribution in [3.8, 4) is 28.6 Å². The van der Waals surface area contributed by atoms with Crippen molar-refractivity contribution >= 4 is 11.0 Å². The van der Waals surface area contributed by atoms with Crippen LogP contribution in [0.15, 0.2) is 57.3 Å². The van der Waals surface area contributed by atoms with Crippen LogP contribution in [0.4, 0.5) is 0 Å². The van der Waals surface area contributed by atoms with Crippen molar-refractivity contribution < 1.29 is 19.4 Å². The summed E-state index contributed by atoms with van der Waals surface area (Å²) in [6.07, 6.45) is 2.51. The van der Waals surface area contributed by atoms with Crippen molar-refractivity contribution in [2.24, 2.45) is 0 Å². The highest BCUT2D eigenvalue weighted by Gasteiger charge is 2.18. The topological polar surface area (TPSA) is 79.9 Å². The SMILES string of the molecule is COc1cc(O)c2c(=O)cc(-c3ccc(O)cc3)oc2c1CC=C(C)C. The predicted molar refractivity (Wildman–Crippen MR) is 101 cm³/mol. The van der Waals surface area contributed by atoms with Gasteiger partial charge in [0.05, 0.1) is 7.11 Å². The number of methoxy groups -OCH3 is 1. The third kappa shape index (κ3) is 3.28. The Bertz CT molecular complexity index is 1040. The molecule has 0 saturated heterocycles. The Kier molecular flexibility index (Phi) is 4.71. The van der Waals surface area contributed by atoms with Gasteiger partial charge in [-0.1, -0.05) is 11.6 Å². The average molecular weight is 352 g/mol. The number of fused-ring (bicyclic) bond motifs is 1. The Balaban J connectivity index is 2.32. The summed E-state index contributed by atoms with van der Waals surface area (Å²) < 4.78 is 11.4. The van der Waals surface area contributed by atoms with Crippen LogP contribution in [0.3, 0.4) is 0 Å². The molecule has 0 saturated carbocycles. The van der Waals surface area contributed by atoms with Crippen LogP contribution in [0.25, 0.3) is 22.3 Å². The molecule has 0 atom stereocenters. The Morgan fingerprint density at radius 2 is 1.85 bits per heavy atom. The summed E-state index contributed by atoms with van der Waals surface area (Å²) in [6, 6.07) is 9.14. The molecule has 0 bridgehead atoms. The highest BCUT2D eigenvalue weighted by Crippen LogP contribution is 2.36. The average Bonchev–Trinajstić information content (AvgIpc) is 2.60. The Morgan fingerprint density at radius 3 is 2.46 bits per heavy atom. The van der Waals surface area contributed by atoms with Crippen LogP contribution >= 0.6 is 0 Å². The lowest BCUT2D eigenvalue weighted by Gasteiger charge is -2.12. The summed E-state index contributed by atoms with van der Waals surface area (Å²) in [7, 11) is 1.51. The van der Waals surface area contributed by atoms with E-state index in [4.69, 9.17) is 9.15 Å². The number of hydrogen-bond acceptors (Lipinski definition) is 5. The summed E-state index contributed by atoms with van der Waals surface area (Å²) in [6.45, 7) is 3.96. The molecule has 1 heterocycles. The first-order valence-corrected chi connectivity index (χ1v) is 8.20. The number of rotatable bonds is 4. The predicted octanol–water partition coefficient (Wildman–Crippen LogP) is 4.39. The maximum atomic E-state index is 12.6. The van der Waals surface area contributed by atoms with Gasteiger partial charge in [-0.2, -0.15) is 0 Å². The van der Waals surface area contributed by atoms with Crippen molar-refractivity contribution in [2.75, 3.05) is 7.11 Å². The fraction of sp³-hybridized carbons (Fsp3) is 0.190. The lowest BCUT2D eigenvalue weighted by atomic mass is 10.0. The van der Waals surface area contributed by atoms with Crippen LogP contribution in [-0.2, 0) is 6.42 Å². The van der Waals surface area contributed by atoms with E-state index in [0.717, 1.165) is 5.57 Å².